The fourth-order valence-electron chi connectivity index (χ4n) is 1.21. The number of rotatable bonds is 3. The van der Waals surface area contributed by atoms with Gasteiger partial charge in [0.15, 0.2) is 5.11 Å². The third-order valence-corrected chi connectivity index (χ3v) is 2.41. The summed E-state index contributed by atoms with van der Waals surface area (Å²) < 4.78 is 26.7. The maximum Gasteiger partial charge on any atom is 0.170 e. The van der Waals surface area contributed by atoms with Crippen molar-refractivity contribution in [3.63, 3.8) is 0 Å². The van der Waals surface area contributed by atoms with E-state index in [1.165, 1.54) is 6.92 Å². The smallest absolute Gasteiger partial charge is 0.170 e. The molecule has 0 unspecified atom stereocenters. The SMILES string of the molecule is Cc1cc(F)c(NC(=S)NCC(C)C)cc1F. The van der Waals surface area contributed by atoms with Crippen LogP contribution in [0.4, 0.5) is 14.5 Å². The van der Waals surface area contributed by atoms with Crippen molar-refractivity contribution in [1.82, 2.24) is 5.32 Å². The van der Waals surface area contributed by atoms with Crippen molar-refractivity contribution in [2.75, 3.05) is 11.9 Å². The molecule has 0 aliphatic carbocycles. The van der Waals surface area contributed by atoms with Gasteiger partial charge >= 0.3 is 0 Å². The van der Waals surface area contributed by atoms with Crippen LogP contribution in [0, 0.1) is 24.5 Å². The van der Waals surface area contributed by atoms with Crippen molar-refractivity contribution in [2.24, 2.45) is 5.92 Å². The predicted molar refractivity (Wildman–Crippen MR) is 70.2 cm³/mol. The topological polar surface area (TPSA) is 24.1 Å². The van der Waals surface area contributed by atoms with Crippen molar-refractivity contribution in [2.45, 2.75) is 20.8 Å². The molecule has 0 amide bonds. The van der Waals surface area contributed by atoms with Crippen molar-refractivity contribution >= 4 is 23.0 Å². The molecule has 0 fully saturated rings. The van der Waals surface area contributed by atoms with Crippen molar-refractivity contribution in [1.29, 1.82) is 0 Å². The number of halogens is 2. The van der Waals surface area contributed by atoms with Crippen LogP contribution in [-0.4, -0.2) is 11.7 Å². The molecule has 0 saturated heterocycles. The first-order valence-corrected chi connectivity index (χ1v) is 5.81. The molecule has 0 aliphatic heterocycles. The quantitative estimate of drug-likeness (QED) is 0.814. The maximum atomic E-state index is 13.5. The fourth-order valence-corrected chi connectivity index (χ4v) is 1.40. The molecule has 2 N–H and O–H groups in total. The minimum atomic E-state index is -0.516. The van der Waals surface area contributed by atoms with E-state index in [4.69, 9.17) is 12.2 Å². The van der Waals surface area contributed by atoms with E-state index in [0.29, 0.717) is 17.6 Å². The largest absolute Gasteiger partial charge is 0.362 e. The van der Waals surface area contributed by atoms with E-state index >= 15 is 0 Å². The molecule has 0 atom stereocenters. The highest BCUT2D eigenvalue weighted by atomic mass is 32.1. The summed E-state index contributed by atoms with van der Waals surface area (Å²) in [7, 11) is 0. The number of anilines is 1. The molecule has 1 aromatic rings. The second kappa shape index (κ2) is 5.91. The van der Waals surface area contributed by atoms with E-state index in [2.05, 4.69) is 10.6 Å². The Hall–Kier alpha value is -1.23. The van der Waals surface area contributed by atoms with Crippen LogP contribution in [-0.2, 0) is 0 Å². The Balaban J connectivity index is 2.68. The molecule has 2 nitrogen and oxygen atoms in total. The van der Waals surface area contributed by atoms with Crippen molar-refractivity contribution < 1.29 is 8.78 Å². The van der Waals surface area contributed by atoms with E-state index < -0.39 is 11.6 Å². The Morgan fingerprint density at radius 2 is 1.94 bits per heavy atom. The lowest BCUT2D eigenvalue weighted by Crippen LogP contribution is -2.31. The Labute approximate surface area is 105 Å². The average molecular weight is 258 g/mol. The van der Waals surface area contributed by atoms with Gasteiger partial charge in [-0.3, -0.25) is 0 Å². The number of benzene rings is 1. The first-order valence-electron chi connectivity index (χ1n) is 5.40. The zero-order chi connectivity index (χ0) is 13.0. The Kier molecular flexibility index (Phi) is 4.81. The van der Waals surface area contributed by atoms with Crippen LogP contribution in [0.2, 0.25) is 0 Å². The second-order valence-corrected chi connectivity index (χ2v) is 4.72. The lowest BCUT2D eigenvalue weighted by molar-refractivity contribution is 0.595. The van der Waals surface area contributed by atoms with E-state index in [1.54, 1.807) is 0 Å². The van der Waals surface area contributed by atoms with Gasteiger partial charge in [-0.2, -0.15) is 0 Å². The van der Waals surface area contributed by atoms with E-state index in [9.17, 15) is 8.78 Å². The molecule has 0 aliphatic rings. The summed E-state index contributed by atoms with van der Waals surface area (Å²) in [6.45, 7) is 6.25. The third-order valence-electron chi connectivity index (χ3n) is 2.17. The van der Waals surface area contributed by atoms with Crippen LogP contribution in [0.3, 0.4) is 0 Å². The van der Waals surface area contributed by atoms with Gasteiger partial charge in [0.2, 0.25) is 0 Å². The molecule has 0 heterocycles. The molecule has 1 rings (SSSR count). The standard InChI is InChI=1S/C12H16F2N2S/c1-7(2)6-15-12(17)16-11-5-9(13)8(3)4-10(11)14/h4-5,7H,6H2,1-3H3,(H2,15,16,17). The summed E-state index contributed by atoms with van der Waals surface area (Å²) in [4.78, 5) is 0. The van der Waals surface area contributed by atoms with Gasteiger partial charge in [0, 0.05) is 12.6 Å². The molecule has 0 spiro atoms. The number of nitrogens with one attached hydrogen (secondary N) is 2. The maximum absolute atomic E-state index is 13.5. The van der Waals surface area contributed by atoms with Crippen molar-refractivity contribution in [3.05, 3.63) is 29.3 Å². The molecule has 0 aromatic heterocycles. The van der Waals surface area contributed by atoms with Crippen LogP contribution in [0.15, 0.2) is 12.1 Å². The Morgan fingerprint density at radius 3 is 2.53 bits per heavy atom. The van der Waals surface area contributed by atoms with Crippen LogP contribution in [0.1, 0.15) is 19.4 Å². The first-order chi connectivity index (χ1) is 7.90. The summed E-state index contributed by atoms with van der Waals surface area (Å²) >= 11 is 4.98. The lowest BCUT2D eigenvalue weighted by Gasteiger charge is -2.13. The third kappa shape index (κ3) is 4.26. The minimum absolute atomic E-state index is 0.0503. The number of hydrogen-bond acceptors (Lipinski definition) is 1. The minimum Gasteiger partial charge on any atom is -0.362 e. The highest BCUT2D eigenvalue weighted by Gasteiger charge is 2.08. The van der Waals surface area contributed by atoms with Crippen LogP contribution in [0.5, 0.6) is 0 Å². The predicted octanol–water partition coefficient (Wildman–Crippen LogP) is 3.22. The summed E-state index contributed by atoms with van der Waals surface area (Å²) in [5.74, 6) is -0.549. The average Bonchev–Trinajstić information content (AvgIpc) is 2.23. The zero-order valence-electron chi connectivity index (χ0n) is 10.1. The molecule has 0 radical (unpaired) electrons. The molecular formula is C12H16F2N2S. The normalized spacial score (nSPS) is 10.5. The monoisotopic (exact) mass is 258 g/mol. The Bertz CT molecular complexity index is 419. The van der Waals surface area contributed by atoms with E-state index in [0.717, 1.165) is 12.1 Å². The van der Waals surface area contributed by atoms with Gasteiger partial charge in [0.1, 0.15) is 11.6 Å². The van der Waals surface area contributed by atoms with Gasteiger partial charge in [-0.25, -0.2) is 8.78 Å². The zero-order valence-corrected chi connectivity index (χ0v) is 10.9. The Morgan fingerprint density at radius 1 is 1.29 bits per heavy atom. The molecule has 0 bridgehead atoms. The number of hydrogen-bond donors (Lipinski definition) is 2. The summed E-state index contributed by atoms with van der Waals surface area (Å²) in [6, 6.07) is 2.25. The van der Waals surface area contributed by atoms with Crippen LogP contribution >= 0.6 is 12.2 Å². The van der Waals surface area contributed by atoms with Crippen molar-refractivity contribution in [3.8, 4) is 0 Å². The van der Waals surface area contributed by atoms with Gasteiger partial charge in [0.25, 0.3) is 0 Å². The molecule has 94 valence electrons. The van der Waals surface area contributed by atoms with E-state index in [-0.39, 0.29) is 11.3 Å². The van der Waals surface area contributed by atoms with Crippen LogP contribution in [0.25, 0.3) is 0 Å². The second-order valence-electron chi connectivity index (χ2n) is 4.31. The fraction of sp³-hybridized carbons (Fsp3) is 0.417. The molecule has 5 heteroatoms. The first kappa shape index (κ1) is 13.8. The number of thiocarbonyl (C=S) groups is 1. The highest BCUT2D eigenvalue weighted by molar-refractivity contribution is 7.80. The molecule has 17 heavy (non-hydrogen) atoms. The van der Waals surface area contributed by atoms with Gasteiger partial charge in [-0.1, -0.05) is 13.8 Å². The molecule has 1 aromatic carbocycles. The van der Waals surface area contributed by atoms with Gasteiger partial charge in [-0.05, 0) is 36.7 Å². The van der Waals surface area contributed by atoms with Gasteiger partial charge < -0.3 is 10.6 Å². The van der Waals surface area contributed by atoms with Gasteiger partial charge in [0.05, 0.1) is 5.69 Å². The summed E-state index contributed by atoms with van der Waals surface area (Å²) in [5, 5.41) is 5.85. The summed E-state index contributed by atoms with van der Waals surface area (Å²) in [6.07, 6.45) is 0. The summed E-state index contributed by atoms with van der Waals surface area (Å²) in [5.41, 5.74) is 0.323. The molecule has 0 saturated carbocycles. The van der Waals surface area contributed by atoms with Crippen LogP contribution < -0.4 is 10.6 Å². The molecular weight excluding hydrogens is 242 g/mol. The van der Waals surface area contributed by atoms with E-state index in [1.807, 2.05) is 13.8 Å². The highest BCUT2D eigenvalue weighted by Crippen LogP contribution is 2.18. The lowest BCUT2D eigenvalue weighted by atomic mass is 10.2. The van der Waals surface area contributed by atoms with Gasteiger partial charge in [-0.15, -0.1) is 0 Å². The number of aryl methyl sites for hydroxylation is 1.